The molecule has 5 rings (SSSR count). The summed E-state index contributed by atoms with van der Waals surface area (Å²) in [4.78, 5) is 20.1. The maximum atomic E-state index is 13.0. The Bertz CT molecular complexity index is 1490. The van der Waals surface area contributed by atoms with E-state index in [4.69, 9.17) is 4.74 Å². The van der Waals surface area contributed by atoms with Crippen LogP contribution in [-0.2, 0) is 6.18 Å². The van der Waals surface area contributed by atoms with E-state index < -0.39 is 17.6 Å². The molecule has 5 aromatic rings. The van der Waals surface area contributed by atoms with Crippen LogP contribution in [0.5, 0.6) is 11.5 Å². The van der Waals surface area contributed by atoms with Crippen LogP contribution in [0, 0.1) is 0 Å². The second-order valence-electron chi connectivity index (χ2n) is 7.37. The van der Waals surface area contributed by atoms with Crippen molar-refractivity contribution in [3.63, 3.8) is 0 Å². The number of carbonyl (C=O) groups excluding carboxylic acids is 1. The number of anilines is 1. The molecular formula is C25H16F3N3O2. The Hall–Kier alpha value is -4.33. The fraction of sp³-hybridized carbons (Fsp3) is 0.0400. The number of nitrogens with zero attached hydrogens (tertiary/aromatic N) is 1. The number of carbonyl (C=O) groups is 1. The van der Waals surface area contributed by atoms with Gasteiger partial charge in [-0.3, -0.25) is 4.79 Å². The molecule has 2 aromatic heterocycles. The summed E-state index contributed by atoms with van der Waals surface area (Å²) in [5, 5.41) is 4.80. The third kappa shape index (κ3) is 4.10. The van der Waals surface area contributed by atoms with Crippen LogP contribution < -0.4 is 10.1 Å². The van der Waals surface area contributed by atoms with Gasteiger partial charge in [-0.1, -0.05) is 18.2 Å². The molecule has 0 bridgehead atoms. The second-order valence-corrected chi connectivity index (χ2v) is 7.37. The molecule has 0 saturated heterocycles. The summed E-state index contributed by atoms with van der Waals surface area (Å²) in [6.07, 6.45) is -1.07. The van der Waals surface area contributed by atoms with Gasteiger partial charge in [0.2, 0.25) is 0 Å². The molecule has 164 valence electrons. The van der Waals surface area contributed by atoms with E-state index in [0.29, 0.717) is 28.1 Å². The fourth-order valence-electron chi connectivity index (χ4n) is 3.65. The highest BCUT2D eigenvalue weighted by Gasteiger charge is 2.30. The van der Waals surface area contributed by atoms with Crippen LogP contribution in [0.1, 0.15) is 15.9 Å². The lowest BCUT2D eigenvalue weighted by Gasteiger charge is -2.12. The number of rotatable bonds is 4. The zero-order chi connectivity index (χ0) is 23.0. The molecular weight excluding hydrogens is 431 g/mol. The van der Waals surface area contributed by atoms with Crippen molar-refractivity contribution in [2.45, 2.75) is 6.18 Å². The summed E-state index contributed by atoms with van der Waals surface area (Å²) in [5.41, 5.74) is 0.294. The Morgan fingerprint density at radius 1 is 0.939 bits per heavy atom. The van der Waals surface area contributed by atoms with Gasteiger partial charge in [-0.15, -0.1) is 0 Å². The van der Waals surface area contributed by atoms with Crippen LogP contribution in [0.25, 0.3) is 21.8 Å². The van der Waals surface area contributed by atoms with Crippen molar-refractivity contribution in [2.75, 3.05) is 5.32 Å². The zero-order valence-electron chi connectivity index (χ0n) is 17.0. The molecule has 0 radical (unpaired) electrons. The quantitative estimate of drug-likeness (QED) is 0.319. The van der Waals surface area contributed by atoms with Crippen LogP contribution in [0.3, 0.4) is 0 Å². The minimum atomic E-state index is -4.49. The molecule has 0 aliphatic heterocycles. The molecule has 1 amide bonds. The van der Waals surface area contributed by atoms with Gasteiger partial charge in [-0.2, -0.15) is 13.2 Å². The lowest BCUT2D eigenvalue weighted by molar-refractivity contribution is -0.137. The molecule has 0 fully saturated rings. The normalized spacial score (nSPS) is 11.6. The second kappa shape index (κ2) is 7.98. The molecule has 0 aliphatic rings. The molecule has 0 unspecified atom stereocenters. The van der Waals surface area contributed by atoms with E-state index in [9.17, 15) is 18.0 Å². The minimum absolute atomic E-state index is 0.0694. The highest BCUT2D eigenvalue weighted by atomic mass is 19.4. The molecule has 0 saturated carbocycles. The highest BCUT2D eigenvalue weighted by Crippen LogP contribution is 2.32. The van der Waals surface area contributed by atoms with E-state index in [1.807, 2.05) is 12.1 Å². The number of fused-ring (bicyclic) bond motifs is 2. The Morgan fingerprint density at radius 3 is 2.64 bits per heavy atom. The van der Waals surface area contributed by atoms with Crippen molar-refractivity contribution in [3.8, 4) is 11.5 Å². The van der Waals surface area contributed by atoms with Crippen molar-refractivity contribution in [1.82, 2.24) is 9.97 Å². The average molecular weight is 447 g/mol. The van der Waals surface area contributed by atoms with E-state index in [-0.39, 0.29) is 5.69 Å². The van der Waals surface area contributed by atoms with Crippen molar-refractivity contribution in [2.24, 2.45) is 0 Å². The molecule has 0 atom stereocenters. The first-order chi connectivity index (χ1) is 15.9. The molecule has 8 heteroatoms. The number of hydrogen-bond acceptors (Lipinski definition) is 3. The van der Waals surface area contributed by atoms with Gasteiger partial charge < -0.3 is 15.0 Å². The third-order valence-electron chi connectivity index (χ3n) is 5.19. The Balaban J connectivity index is 1.43. The Kier molecular flexibility index (Phi) is 4.97. The third-order valence-corrected chi connectivity index (χ3v) is 5.19. The van der Waals surface area contributed by atoms with Crippen LogP contribution in [0.2, 0.25) is 0 Å². The van der Waals surface area contributed by atoms with E-state index >= 15 is 0 Å². The summed E-state index contributed by atoms with van der Waals surface area (Å²) in [6.45, 7) is 0. The molecule has 5 nitrogen and oxygen atoms in total. The molecule has 0 spiro atoms. The standard InChI is InChI=1S/C25H16F3N3O2/c26-25(27,28)16-4-2-5-17(14-16)31-24(32)20-6-1-3-15-13-18(7-8-19(15)20)33-22-10-12-30-23-21(22)9-11-29-23/h1-14H,(H,29,30)(H,31,32). The van der Waals surface area contributed by atoms with Crippen LogP contribution in [0.15, 0.2) is 85.2 Å². The SMILES string of the molecule is O=C(Nc1cccc(C(F)(F)F)c1)c1cccc2cc(Oc3ccnc4[nH]ccc34)ccc12. The number of aromatic amines is 1. The molecule has 3 aromatic carbocycles. The van der Waals surface area contributed by atoms with E-state index in [1.54, 1.807) is 48.8 Å². The highest BCUT2D eigenvalue weighted by molar-refractivity contribution is 6.13. The predicted molar refractivity (Wildman–Crippen MR) is 120 cm³/mol. The van der Waals surface area contributed by atoms with Gasteiger partial charge in [0.1, 0.15) is 17.1 Å². The largest absolute Gasteiger partial charge is 0.457 e. The summed E-state index contributed by atoms with van der Waals surface area (Å²) in [5.74, 6) is 0.711. The zero-order valence-corrected chi connectivity index (χ0v) is 17.0. The van der Waals surface area contributed by atoms with Gasteiger partial charge in [0.05, 0.1) is 10.9 Å². The number of amides is 1. The predicted octanol–water partition coefficient (Wildman–Crippen LogP) is 6.78. The molecule has 2 heterocycles. The summed E-state index contributed by atoms with van der Waals surface area (Å²) >= 11 is 0. The number of pyridine rings is 1. The van der Waals surface area contributed by atoms with Gasteiger partial charge in [0.25, 0.3) is 5.91 Å². The Labute approximate surface area is 185 Å². The summed E-state index contributed by atoms with van der Waals surface area (Å²) in [6, 6.07) is 18.6. The topological polar surface area (TPSA) is 67.0 Å². The number of aromatic nitrogens is 2. The van der Waals surface area contributed by atoms with Gasteiger partial charge in [-0.05, 0) is 65.4 Å². The van der Waals surface area contributed by atoms with Crippen molar-refractivity contribution < 1.29 is 22.7 Å². The number of H-pyrrole nitrogens is 1. The number of halogens is 3. The maximum Gasteiger partial charge on any atom is 0.416 e. The van der Waals surface area contributed by atoms with E-state index in [0.717, 1.165) is 22.9 Å². The first kappa shape index (κ1) is 20.6. The monoisotopic (exact) mass is 447 g/mol. The molecule has 33 heavy (non-hydrogen) atoms. The van der Waals surface area contributed by atoms with Crippen molar-refractivity contribution >= 4 is 33.4 Å². The Morgan fingerprint density at radius 2 is 1.79 bits per heavy atom. The van der Waals surface area contributed by atoms with Crippen LogP contribution >= 0.6 is 0 Å². The van der Waals surface area contributed by atoms with Gasteiger partial charge in [-0.25, -0.2) is 4.98 Å². The number of benzene rings is 3. The van der Waals surface area contributed by atoms with Gasteiger partial charge in [0.15, 0.2) is 0 Å². The lowest BCUT2D eigenvalue weighted by Crippen LogP contribution is -2.13. The van der Waals surface area contributed by atoms with E-state index in [2.05, 4.69) is 15.3 Å². The summed E-state index contributed by atoms with van der Waals surface area (Å²) in [7, 11) is 0. The van der Waals surface area contributed by atoms with Crippen LogP contribution in [0.4, 0.5) is 18.9 Å². The number of ether oxygens (including phenoxy) is 1. The first-order valence-electron chi connectivity index (χ1n) is 10.00. The molecule has 2 N–H and O–H groups in total. The fourth-order valence-corrected chi connectivity index (χ4v) is 3.65. The number of nitrogens with one attached hydrogen (secondary N) is 2. The van der Waals surface area contributed by atoms with Crippen LogP contribution in [-0.4, -0.2) is 15.9 Å². The molecule has 0 aliphatic carbocycles. The minimum Gasteiger partial charge on any atom is -0.457 e. The smallest absolute Gasteiger partial charge is 0.416 e. The van der Waals surface area contributed by atoms with E-state index in [1.165, 1.54) is 12.1 Å². The van der Waals surface area contributed by atoms with Crippen molar-refractivity contribution in [3.05, 3.63) is 96.3 Å². The lowest BCUT2D eigenvalue weighted by atomic mass is 10.0. The van der Waals surface area contributed by atoms with Gasteiger partial charge >= 0.3 is 6.18 Å². The van der Waals surface area contributed by atoms with Crippen molar-refractivity contribution in [1.29, 1.82) is 0 Å². The summed E-state index contributed by atoms with van der Waals surface area (Å²) < 4.78 is 44.9. The number of alkyl halides is 3. The average Bonchev–Trinajstić information content (AvgIpc) is 3.28. The maximum absolute atomic E-state index is 13.0. The first-order valence-corrected chi connectivity index (χ1v) is 10.00. The number of hydrogen-bond donors (Lipinski definition) is 2. The van der Waals surface area contributed by atoms with Gasteiger partial charge in [0, 0.05) is 23.6 Å².